The molecular weight excluding hydrogens is 252 g/mol. The van der Waals surface area contributed by atoms with Crippen molar-refractivity contribution < 1.29 is 4.79 Å². The number of aromatic nitrogens is 2. The Morgan fingerprint density at radius 1 is 1.30 bits per heavy atom. The predicted molar refractivity (Wildman–Crippen MR) is 75.8 cm³/mol. The molecule has 0 bridgehead atoms. The smallest absolute Gasteiger partial charge is 0.240 e. The van der Waals surface area contributed by atoms with E-state index in [2.05, 4.69) is 9.55 Å². The van der Waals surface area contributed by atoms with Crippen LogP contribution in [0.5, 0.6) is 0 Å². The number of rotatable bonds is 3. The molecule has 1 aromatic carbocycles. The number of benzene rings is 1. The fourth-order valence-corrected chi connectivity index (χ4v) is 2.55. The van der Waals surface area contributed by atoms with Gasteiger partial charge in [-0.05, 0) is 12.0 Å². The Hall–Kier alpha value is -2.14. The third-order valence-electron chi connectivity index (χ3n) is 3.67. The SMILES string of the molecule is NC(Cc1ccccc1)C(=O)N1CCn2ccnc2C1. The molecule has 1 amide bonds. The van der Waals surface area contributed by atoms with Gasteiger partial charge in [-0.25, -0.2) is 4.98 Å². The van der Waals surface area contributed by atoms with Crippen LogP contribution in [0, 0.1) is 0 Å². The van der Waals surface area contributed by atoms with Crippen LogP contribution in [0.3, 0.4) is 0 Å². The van der Waals surface area contributed by atoms with E-state index in [1.54, 1.807) is 11.1 Å². The van der Waals surface area contributed by atoms with Crippen molar-refractivity contribution >= 4 is 5.91 Å². The second kappa shape index (κ2) is 5.46. The molecule has 0 saturated heterocycles. The van der Waals surface area contributed by atoms with Gasteiger partial charge in [0.15, 0.2) is 0 Å². The van der Waals surface area contributed by atoms with Crippen LogP contribution in [-0.4, -0.2) is 32.9 Å². The number of amides is 1. The van der Waals surface area contributed by atoms with E-state index in [9.17, 15) is 4.79 Å². The zero-order valence-electron chi connectivity index (χ0n) is 11.3. The van der Waals surface area contributed by atoms with Crippen LogP contribution in [0.2, 0.25) is 0 Å². The Morgan fingerprint density at radius 2 is 2.10 bits per heavy atom. The van der Waals surface area contributed by atoms with Gasteiger partial charge >= 0.3 is 0 Å². The number of nitrogens with zero attached hydrogens (tertiary/aromatic N) is 3. The van der Waals surface area contributed by atoms with Crippen molar-refractivity contribution in [1.82, 2.24) is 14.5 Å². The summed E-state index contributed by atoms with van der Waals surface area (Å²) in [5.41, 5.74) is 7.15. The highest BCUT2D eigenvalue weighted by Gasteiger charge is 2.25. The summed E-state index contributed by atoms with van der Waals surface area (Å²) in [6.07, 6.45) is 4.29. The molecule has 5 heteroatoms. The molecule has 0 saturated carbocycles. The number of nitrogens with two attached hydrogens (primary N) is 1. The van der Waals surface area contributed by atoms with Gasteiger partial charge in [0.1, 0.15) is 5.82 Å². The largest absolute Gasteiger partial charge is 0.332 e. The van der Waals surface area contributed by atoms with Crippen molar-refractivity contribution in [2.45, 2.75) is 25.6 Å². The first kappa shape index (κ1) is 12.9. The van der Waals surface area contributed by atoms with Crippen molar-refractivity contribution in [2.24, 2.45) is 5.73 Å². The topological polar surface area (TPSA) is 64.2 Å². The number of hydrogen-bond donors (Lipinski definition) is 1. The lowest BCUT2D eigenvalue weighted by atomic mass is 10.1. The molecule has 2 N–H and O–H groups in total. The highest BCUT2D eigenvalue weighted by molar-refractivity contribution is 5.82. The lowest BCUT2D eigenvalue weighted by Gasteiger charge is -2.29. The fourth-order valence-electron chi connectivity index (χ4n) is 2.55. The van der Waals surface area contributed by atoms with Crippen molar-refractivity contribution in [1.29, 1.82) is 0 Å². The molecule has 3 rings (SSSR count). The van der Waals surface area contributed by atoms with Gasteiger partial charge in [-0.3, -0.25) is 4.79 Å². The van der Waals surface area contributed by atoms with E-state index in [1.165, 1.54) is 0 Å². The van der Waals surface area contributed by atoms with Crippen molar-refractivity contribution in [2.75, 3.05) is 6.54 Å². The Bertz CT molecular complexity index is 593. The number of carbonyl (C=O) groups excluding carboxylic acids is 1. The van der Waals surface area contributed by atoms with Gasteiger partial charge < -0.3 is 15.2 Å². The predicted octanol–water partition coefficient (Wildman–Crippen LogP) is 0.795. The van der Waals surface area contributed by atoms with Crippen molar-refractivity contribution in [3.8, 4) is 0 Å². The first-order chi connectivity index (χ1) is 9.74. The number of fused-ring (bicyclic) bond motifs is 1. The molecule has 1 atom stereocenters. The molecule has 0 fully saturated rings. The normalized spacial score (nSPS) is 15.8. The summed E-state index contributed by atoms with van der Waals surface area (Å²) in [7, 11) is 0. The van der Waals surface area contributed by atoms with Gasteiger partial charge in [0.2, 0.25) is 5.91 Å². The van der Waals surface area contributed by atoms with Gasteiger partial charge in [-0.2, -0.15) is 0 Å². The van der Waals surface area contributed by atoms with Crippen LogP contribution >= 0.6 is 0 Å². The van der Waals surface area contributed by atoms with Crippen molar-refractivity contribution in [3.63, 3.8) is 0 Å². The summed E-state index contributed by atoms with van der Waals surface area (Å²) in [4.78, 5) is 18.5. The maximum Gasteiger partial charge on any atom is 0.240 e. The average Bonchev–Trinajstić information content (AvgIpc) is 2.94. The van der Waals surface area contributed by atoms with E-state index in [0.717, 1.165) is 17.9 Å². The van der Waals surface area contributed by atoms with Gasteiger partial charge in [0.05, 0.1) is 12.6 Å². The molecule has 1 aliphatic rings. The Labute approximate surface area is 118 Å². The molecule has 104 valence electrons. The van der Waals surface area contributed by atoms with Crippen LogP contribution in [0.15, 0.2) is 42.7 Å². The number of imidazole rings is 1. The van der Waals surface area contributed by atoms with Crippen LogP contribution < -0.4 is 5.73 Å². The molecule has 1 aliphatic heterocycles. The zero-order chi connectivity index (χ0) is 13.9. The second-order valence-corrected chi connectivity index (χ2v) is 5.09. The first-order valence-corrected chi connectivity index (χ1v) is 6.82. The van der Waals surface area contributed by atoms with Gasteiger partial charge in [0, 0.05) is 25.5 Å². The van der Waals surface area contributed by atoms with Gasteiger partial charge in [-0.1, -0.05) is 30.3 Å². The Kier molecular flexibility index (Phi) is 3.52. The number of carbonyl (C=O) groups is 1. The van der Waals surface area contributed by atoms with Gasteiger partial charge in [-0.15, -0.1) is 0 Å². The zero-order valence-corrected chi connectivity index (χ0v) is 11.3. The fraction of sp³-hybridized carbons (Fsp3) is 0.333. The molecule has 20 heavy (non-hydrogen) atoms. The minimum atomic E-state index is -0.487. The molecular formula is C15H18N4O. The molecule has 1 unspecified atom stereocenters. The highest BCUT2D eigenvalue weighted by atomic mass is 16.2. The summed E-state index contributed by atoms with van der Waals surface area (Å²) in [5, 5.41) is 0. The summed E-state index contributed by atoms with van der Waals surface area (Å²) >= 11 is 0. The Morgan fingerprint density at radius 3 is 2.90 bits per heavy atom. The summed E-state index contributed by atoms with van der Waals surface area (Å²) in [6, 6.07) is 9.39. The molecule has 0 aliphatic carbocycles. The van der Waals surface area contributed by atoms with E-state index in [4.69, 9.17) is 5.73 Å². The quantitative estimate of drug-likeness (QED) is 0.897. The average molecular weight is 270 g/mol. The minimum absolute atomic E-state index is 0.00287. The lowest BCUT2D eigenvalue weighted by Crippen LogP contribution is -2.47. The Balaban J connectivity index is 1.64. The third kappa shape index (κ3) is 2.58. The van der Waals surface area contributed by atoms with E-state index in [0.29, 0.717) is 19.5 Å². The monoisotopic (exact) mass is 270 g/mol. The maximum absolute atomic E-state index is 12.4. The third-order valence-corrected chi connectivity index (χ3v) is 3.67. The molecule has 2 aromatic rings. The van der Waals surface area contributed by atoms with Crippen LogP contribution in [-0.2, 0) is 24.3 Å². The lowest BCUT2D eigenvalue weighted by molar-refractivity contribution is -0.134. The standard InChI is InChI=1S/C15H18N4O/c16-13(10-12-4-2-1-3-5-12)15(20)19-9-8-18-7-6-17-14(18)11-19/h1-7,13H,8-11,16H2. The van der Waals surface area contributed by atoms with E-state index in [-0.39, 0.29) is 5.91 Å². The number of hydrogen-bond acceptors (Lipinski definition) is 3. The molecule has 2 heterocycles. The van der Waals surface area contributed by atoms with Crippen LogP contribution in [0.25, 0.3) is 0 Å². The molecule has 0 radical (unpaired) electrons. The summed E-state index contributed by atoms with van der Waals surface area (Å²) < 4.78 is 2.08. The van der Waals surface area contributed by atoms with E-state index >= 15 is 0 Å². The molecule has 1 aromatic heterocycles. The first-order valence-electron chi connectivity index (χ1n) is 6.82. The van der Waals surface area contributed by atoms with Crippen molar-refractivity contribution in [3.05, 3.63) is 54.1 Å². The summed E-state index contributed by atoms with van der Waals surface area (Å²) in [6.45, 7) is 2.04. The van der Waals surface area contributed by atoms with Crippen LogP contribution in [0.1, 0.15) is 11.4 Å². The van der Waals surface area contributed by atoms with E-state index < -0.39 is 6.04 Å². The van der Waals surface area contributed by atoms with E-state index in [1.807, 2.05) is 36.5 Å². The minimum Gasteiger partial charge on any atom is -0.332 e. The maximum atomic E-state index is 12.4. The molecule has 0 spiro atoms. The summed E-state index contributed by atoms with van der Waals surface area (Å²) in [5.74, 6) is 0.930. The van der Waals surface area contributed by atoms with Gasteiger partial charge in [0.25, 0.3) is 0 Å². The van der Waals surface area contributed by atoms with Crippen LogP contribution in [0.4, 0.5) is 0 Å². The highest BCUT2D eigenvalue weighted by Crippen LogP contribution is 2.12. The molecule has 5 nitrogen and oxygen atoms in total. The second-order valence-electron chi connectivity index (χ2n) is 5.09.